The Bertz CT molecular complexity index is 348. The number of H-pyrrole nitrogens is 1. The van der Waals surface area contributed by atoms with E-state index in [0.29, 0.717) is 0 Å². The van der Waals surface area contributed by atoms with Crippen LogP contribution in [0.15, 0.2) is 10.9 Å². The van der Waals surface area contributed by atoms with E-state index < -0.39 is 23.4 Å². The molecule has 6 heteroatoms. The average Bonchev–Trinajstić information content (AvgIpc) is 1.96. The van der Waals surface area contributed by atoms with Gasteiger partial charge in [-0.05, 0) is 0 Å². The third kappa shape index (κ3) is 1.36. The molecule has 0 aliphatic carbocycles. The molecule has 0 unspecified atom stereocenters. The van der Waals surface area contributed by atoms with E-state index in [4.69, 9.17) is 10.8 Å². The van der Waals surface area contributed by atoms with E-state index in [0.717, 1.165) is 6.07 Å². The Balaban J connectivity index is 3.33. The van der Waals surface area contributed by atoms with Gasteiger partial charge in [0.25, 0.3) is 12.0 Å². The molecule has 1 aromatic heterocycles. The molecule has 4 nitrogen and oxygen atoms in total. The maximum atomic E-state index is 12.0. The molecule has 0 aliphatic rings. The highest BCUT2D eigenvalue weighted by molar-refractivity contribution is 5.47. The summed E-state index contributed by atoms with van der Waals surface area (Å²) in [6, 6.07) is 0.792. The van der Waals surface area contributed by atoms with Crippen molar-refractivity contribution >= 4 is 5.69 Å². The molecule has 0 radical (unpaired) electrons. The van der Waals surface area contributed by atoms with Crippen molar-refractivity contribution < 1.29 is 13.9 Å². The minimum atomic E-state index is -2.85. The van der Waals surface area contributed by atoms with Crippen molar-refractivity contribution in [2.45, 2.75) is 6.43 Å². The van der Waals surface area contributed by atoms with E-state index in [1.807, 2.05) is 0 Å². The van der Waals surface area contributed by atoms with Crippen molar-refractivity contribution in [1.29, 1.82) is 0 Å². The van der Waals surface area contributed by atoms with Gasteiger partial charge in [0.1, 0.15) is 5.69 Å². The summed E-state index contributed by atoms with van der Waals surface area (Å²) >= 11 is 0. The molecule has 0 aliphatic heterocycles. The van der Waals surface area contributed by atoms with Crippen molar-refractivity contribution in [3.8, 4) is 5.75 Å². The lowest BCUT2D eigenvalue weighted by atomic mass is 10.3. The number of halogens is 2. The number of anilines is 1. The van der Waals surface area contributed by atoms with Crippen LogP contribution in [0, 0.1) is 0 Å². The van der Waals surface area contributed by atoms with E-state index >= 15 is 0 Å². The van der Waals surface area contributed by atoms with Crippen LogP contribution in [0.5, 0.6) is 5.75 Å². The number of nitrogens with one attached hydrogen (secondary N) is 1. The first-order valence-corrected chi connectivity index (χ1v) is 3.02. The lowest BCUT2D eigenvalue weighted by Crippen LogP contribution is -2.11. The van der Waals surface area contributed by atoms with E-state index in [2.05, 4.69) is 0 Å². The average molecular weight is 176 g/mol. The molecular weight excluding hydrogens is 170 g/mol. The molecule has 66 valence electrons. The predicted octanol–water partition coefficient (Wildman–Crippen LogP) is 0.600. The number of hydrogen-bond donors (Lipinski definition) is 3. The Morgan fingerprint density at radius 1 is 1.58 bits per heavy atom. The first-order chi connectivity index (χ1) is 5.52. The number of nitrogen functional groups attached to an aromatic ring is 1. The molecule has 0 fully saturated rings. The standard InChI is InChI=1S/C6H6F2N2O2/c7-5(8)4-2(9)1-3(11)6(12)10-4/h1,5,11H,9H2,(H,10,12). The highest BCUT2D eigenvalue weighted by Crippen LogP contribution is 2.22. The normalized spacial score (nSPS) is 10.6. The largest absolute Gasteiger partial charge is 0.503 e. The second-order valence-corrected chi connectivity index (χ2v) is 2.15. The van der Waals surface area contributed by atoms with Crippen LogP contribution in [0.3, 0.4) is 0 Å². The highest BCUT2D eigenvalue weighted by Gasteiger charge is 2.13. The summed E-state index contributed by atoms with van der Waals surface area (Å²) in [5.74, 6) is -0.670. The Morgan fingerprint density at radius 3 is 2.67 bits per heavy atom. The lowest BCUT2D eigenvalue weighted by Gasteiger charge is -2.03. The fourth-order valence-electron chi connectivity index (χ4n) is 0.730. The molecule has 0 atom stereocenters. The van der Waals surface area contributed by atoms with Crippen LogP contribution in [-0.4, -0.2) is 10.1 Å². The van der Waals surface area contributed by atoms with Gasteiger partial charge in [-0.25, -0.2) is 8.78 Å². The Morgan fingerprint density at radius 2 is 2.17 bits per heavy atom. The zero-order chi connectivity index (χ0) is 9.30. The van der Waals surface area contributed by atoms with Gasteiger partial charge in [0.15, 0.2) is 5.75 Å². The van der Waals surface area contributed by atoms with E-state index in [9.17, 15) is 13.6 Å². The SMILES string of the molecule is Nc1cc(O)c(=O)[nH]c1C(F)F. The van der Waals surface area contributed by atoms with Crippen LogP contribution < -0.4 is 11.3 Å². The number of pyridine rings is 1. The molecule has 0 spiro atoms. The third-order valence-electron chi connectivity index (χ3n) is 1.30. The summed E-state index contributed by atoms with van der Waals surface area (Å²) < 4.78 is 24.0. The summed E-state index contributed by atoms with van der Waals surface area (Å²) in [6.45, 7) is 0. The van der Waals surface area contributed by atoms with Crippen molar-refractivity contribution in [1.82, 2.24) is 4.98 Å². The van der Waals surface area contributed by atoms with E-state index in [1.54, 1.807) is 4.98 Å². The number of aromatic nitrogens is 1. The van der Waals surface area contributed by atoms with E-state index in [-0.39, 0.29) is 5.69 Å². The van der Waals surface area contributed by atoms with Gasteiger partial charge in [-0.15, -0.1) is 0 Å². The smallest absolute Gasteiger partial charge is 0.290 e. The second kappa shape index (κ2) is 2.80. The van der Waals surface area contributed by atoms with Gasteiger partial charge < -0.3 is 15.8 Å². The fraction of sp³-hybridized carbons (Fsp3) is 0.167. The molecule has 1 heterocycles. The zero-order valence-electron chi connectivity index (χ0n) is 5.84. The molecule has 12 heavy (non-hydrogen) atoms. The van der Waals surface area contributed by atoms with Crippen LogP contribution in [0.4, 0.5) is 14.5 Å². The summed E-state index contributed by atoms with van der Waals surface area (Å²) in [5.41, 5.74) is 3.11. The topological polar surface area (TPSA) is 79.1 Å². The van der Waals surface area contributed by atoms with E-state index in [1.165, 1.54) is 0 Å². The number of alkyl halides is 2. The molecule has 0 bridgehead atoms. The Hall–Kier alpha value is -1.59. The molecule has 0 saturated heterocycles. The maximum Gasteiger partial charge on any atom is 0.290 e. The third-order valence-corrected chi connectivity index (χ3v) is 1.30. The van der Waals surface area contributed by atoms with Crippen molar-refractivity contribution in [3.05, 3.63) is 22.1 Å². The van der Waals surface area contributed by atoms with Gasteiger partial charge in [0.05, 0.1) is 5.69 Å². The molecular formula is C6H6F2N2O2. The molecule has 0 amide bonds. The van der Waals surface area contributed by atoms with Gasteiger partial charge in [0.2, 0.25) is 0 Å². The van der Waals surface area contributed by atoms with Crippen molar-refractivity contribution in [2.24, 2.45) is 0 Å². The summed E-state index contributed by atoms with van der Waals surface area (Å²) in [7, 11) is 0. The van der Waals surface area contributed by atoms with Gasteiger partial charge >= 0.3 is 0 Å². The number of nitrogens with two attached hydrogens (primary N) is 1. The molecule has 0 aromatic carbocycles. The molecule has 4 N–H and O–H groups in total. The predicted molar refractivity (Wildman–Crippen MR) is 38.1 cm³/mol. The number of rotatable bonds is 1. The van der Waals surface area contributed by atoms with Crippen molar-refractivity contribution in [2.75, 3.05) is 5.73 Å². The van der Waals surface area contributed by atoms with Gasteiger partial charge in [-0.1, -0.05) is 0 Å². The molecule has 1 aromatic rings. The summed E-state index contributed by atoms with van der Waals surface area (Å²) in [5, 5.41) is 8.74. The van der Waals surface area contributed by atoms with Crippen LogP contribution >= 0.6 is 0 Å². The van der Waals surface area contributed by atoms with Gasteiger partial charge in [-0.2, -0.15) is 0 Å². The minimum Gasteiger partial charge on any atom is -0.503 e. The monoisotopic (exact) mass is 176 g/mol. The van der Waals surface area contributed by atoms with Gasteiger partial charge in [0, 0.05) is 6.07 Å². The quantitative estimate of drug-likeness (QED) is 0.586. The first kappa shape index (κ1) is 8.51. The van der Waals surface area contributed by atoms with Crippen LogP contribution in [0.1, 0.15) is 12.1 Å². The van der Waals surface area contributed by atoms with Crippen LogP contribution in [0.25, 0.3) is 0 Å². The summed E-state index contributed by atoms with van der Waals surface area (Å²) in [4.78, 5) is 12.4. The maximum absolute atomic E-state index is 12.0. The number of aromatic amines is 1. The molecule has 0 saturated carbocycles. The Labute approximate surface area is 65.6 Å². The second-order valence-electron chi connectivity index (χ2n) is 2.15. The number of aromatic hydroxyl groups is 1. The lowest BCUT2D eigenvalue weighted by molar-refractivity contribution is 0.146. The first-order valence-electron chi connectivity index (χ1n) is 3.02. The minimum absolute atomic E-state index is 0.331. The number of hydrogen-bond acceptors (Lipinski definition) is 3. The zero-order valence-corrected chi connectivity index (χ0v) is 5.84. The highest BCUT2D eigenvalue weighted by atomic mass is 19.3. The van der Waals surface area contributed by atoms with Crippen molar-refractivity contribution in [3.63, 3.8) is 0 Å². The van der Waals surface area contributed by atoms with Gasteiger partial charge in [-0.3, -0.25) is 4.79 Å². The van der Waals surface area contributed by atoms with Crippen LogP contribution in [0.2, 0.25) is 0 Å². The van der Waals surface area contributed by atoms with Crippen LogP contribution in [-0.2, 0) is 0 Å². The molecule has 1 rings (SSSR count). The Kier molecular flexibility index (Phi) is 1.99. The fourth-order valence-corrected chi connectivity index (χ4v) is 0.730. The summed E-state index contributed by atoms with van der Waals surface area (Å²) in [6.07, 6.45) is -2.85.